The van der Waals surface area contributed by atoms with Crippen molar-refractivity contribution in [2.24, 2.45) is 0 Å². The lowest BCUT2D eigenvalue weighted by molar-refractivity contribution is 1.13. The van der Waals surface area contributed by atoms with Crippen molar-refractivity contribution >= 4 is 49.3 Å². The molecule has 0 aliphatic heterocycles. The molecule has 6 aromatic carbocycles. The maximum atomic E-state index is 9.98. The summed E-state index contributed by atoms with van der Waals surface area (Å²) in [5.74, 6) is 0. The number of nitriles is 1. The Morgan fingerprint density at radius 1 is 0.548 bits per heavy atom. The number of hydrogen-bond donors (Lipinski definition) is 0. The van der Waals surface area contributed by atoms with E-state index in [9.17, 15) is 5.26 Å². The van der Waals surface area contributed by atoms with Gasteiger partial charge in [0.25, 0.3) is 0 Å². The third kappa shape index (κ3) is 3.33. The van der Waals surface area contributed by atoms with E-state index in [2.05, 4.69) is 117 Å². The molecule has 2 heterocycles. The molecule has 0 atom stereocenters. The topological polar surface area (TPSA) is 38.0 Å². The molecule has 0 saturated heterocycles. The highest BCUT2D eigenvalue weighted by Gasteiger charge is 2.20. The van der Waals surface area contributed by atoms with E-state index < -0.39 is 0 Å². The number of hydrogen-bond acceptors (Lipinski definition) is 1. The Morgan fingerprint density at radius 2 is 1.07 bits per heavy atom. The molecule has 0 unspecified atom stereocenters. The lowest BCUT2D eigenvalue weighted by Crippen LogP contribution is -1.98. The molecule has 42 heavy (non-hydrogen) atoms. The molecule has 0 aliphatic carbocycles. The molecule has 8 aromatic rings. The normalized spacial score (nSPS) is 11.3. The molecule has 0 radical (unpaired) electrons. The Balaban J connectivity index is 1.44. The maximum absolute atomic E-state index is 9.98. The van der Waals surface area contributed by atoms with Gasteiger partial charge in [0.2, 0.25) is 0 Å². The standard InChI is InChI=1S/C38H22N4/c1-40-32-18-8-11-25(24-39)37(32)31-17-10-22-36-38(31)30-16-4-7-21-35(30)42(36)27-13-9-12-26(23-27)41-33-19-5-2-14-28(33)29-15-3-6-20-34(29)41/h2-23H. The fourth-order valence-corrected chi connectivity index (χ4v) is 6.49. The number of benzene rings is 6. The van der Waals surface area contributed by atoms with Gasteiger partial charge in [-0.1, -0.05) is 84.9 Å². The molecule has 194 valence electrons. The molecule has 4 nitrogen and oxygen atoms in total. The van der Waals surface area contributed by atoms with Crippen molar-refractivity contribution in [3.05, 3.63) is 150 Å². The second-order valence-electron chi connectivity index (χ2n) is 10.4. The molecule has 0 saturated carbocycles. The summed E-state index contributed by atoms with van der Waals surface area (Å²) in [6.45, 7) is 7.83. The van der Waals surface area contributed by atoms with Crippen LogP contribution in [0.4, 0.5) is 5.69 Å². The number of fused-ring (bicyclic) bond motifs is 6. The van der Waals surface area contributed by atoms with E-state index >= 15 is 0 Å². The predicted octanol–water partition coefficient (Wildman–Crippen LogP) is 9.97. The van der Waals surface area contributed by atoms with Crippen LogP contribution in [0.15, 0.2) is 133 Å². The molecular weight excluding hydrogens is 512 g/mol. The summed E-state index contributed by atoms with van der Waals surface area (Å²) >= 11 is 0. The monoisotopic (exact) mass is 534 g/mol. The van der Waals surface area contributed by atoms with Crippen LogP contribution in [0.2, 0.25) is 0 Å². The molecule has 0 bridgehead atoms. The van der Waals surface area contributed by atoms with E-state index in [1.807, 2.05) is 18.2 Å². The van der Waals surface area contributed by atoms with E-state index in [4.69, 9.17) is 6.57 Å². The zero-order valence-corrected chi connectivity index (χ0v) is 22.5. The third-order valence-electron chi connectivity index (χ3n) is 8.18. The van der Waals surface area contributed by atoms with Gasteiger partial charge in [-0.25, -0.2) is 4.85 Å². The first-order chi connectivity index (χ1) is 20.8. The van der Waals surface area contributed by atoms with Gasteiger partial charge in [-0.05, 0) is 54.1 Å². The highest BCUT2D eigenvalue weighted by atomic mass is 15.0. The summed E-state index contributed by atoms with van der Waals surface area (Å²) < 4.78 is 4.62. The summed E-state index contributed by atoms with van der Waals surface area (Å²) in [6.07, 6.45) is 0. The Bertz CT molecular complexity index is 2360. The quantitative estimate of drug-likeness (QED) is 0.208. The Hall–Kier alpha value is -6.10. The largest absolute Gasteiger partial charge is 0.309 e. The minimum Gasteiger partial charge on any atom is -0.309 e. The van der Waals surface area contributed by atoms with Crippen LogP contribution in [0.1, 0.15) is 5.56 Å². The molecule has 8 rings (SSSR count). The summed E-state index contributed by atoms with van der Waals surface area (Å²) in [5, 5.41) is 14.5. The number of aromatic nitrogens is 2. The number of para-hydroxylation sites is 3. The molecule has 4 heteroatoms. The molecule has 0 amide bonds. The van der Waals surface area contributed by atoms with Crippen LogP contribution in [0.5, 0.6) is 0 Å². The Labute approximate surface area is 242 Å². The zero-order chi connectivity index (χ0) is 28.2. The molecular formula is C38H22N4. The van der Waals surface area contributed by atoms with Gasteiger partial charge in [-0.2, -0.15) is 5.26 Å². The third-order valence-corrected chi connectivity index (χ3v) is 8.18. The van der Waals surface area contributed by atoms with Crippen molar-refractivity contribution < 1.29 is 0 Å². The van der Waals surface area contributed by atoms with Crippen molar-refractivity contribution in [3.63, 3.8) is 0 Å². The van der Waals surface area contributed by atoms with Gasteiger partial charge >= 0.3 is 0 Å². The second kappa shape index (κ2) is 9.24. The fourth-order valence-electron chi connectivity index (χ4n) is 6.49. The van der Waals surface area contributed by atoms with Crippen molar-refractivity contribution in [1.82, 2.24) is 9.13 Å². The number of nitrogens with zero attached hydrogens (tertiary/aromatic N) is 4. The second-order valence-corrected chi connectivity index (χ2v) is 10.4. The first-order valence-corrected chi connectivity index (χ1v) is 13.8. The SMILES string of the molecule is [C-]#[N+]c1cccc(C#N)c1-c1cccc2c1c1ccccc1n2-c1cccc(-n2c3ccccc3c3ccccc32)c1. The van der Waals surface area contributed by atoms with Crippen LogP contribution >= 0.6 is 0 Å². The molecule has 0 spiro atoms. The summed E-state index contributed by atoms with van der Waals surface area (Å²) in [7, 11) is 0. The fraction of sp³-hybridized carbons (Fsp3) is 0. The summed E-state index contributed by atoms with van der Waals surface area (Å²) in [5.41, 5.74) is 9.10. The highest BCUT2D eigenvalue weighted by molar-refractivity contribution is 6.17. The average molecular weight is 535 g/mol. The molecule has 0 N–H and O–H groups in total. The van der Waals surface area contributed by atoms with E-state index in [1.165, 1.54) is 21.8 Å². The van der Waals surface area contributed by atoms with Gasteiger partial charge < -0.3 is 9.13 Å². The van der Waals surface area contributed by atoms with E-state index in [0.29, 0.717) is 16.8 Å². The van der Waals surface area contributed by atoms with Crippen LogP contribution in [0, 0.1) is 17.9 Å². The van der Waals surface area contributed by atoms with Crippen molar-refractivity contribution in [1.29, 1.82) is 5.26 Å². The van der Waals surface area contributed by atoms with Gasteiger partial charge in [0.15, 0.2) is 5.69 Å². The summed E-state index contributed by atoms with van der Waals surface area (Å²) in [6, 6.07) is 47.9. The minimum atomic E-state index is 0.478. The smallest absolute Gasteiger partial charge is 0.196 e. The summed E-state index contributed by atoms with van der Waals surface area (Å²) in [4.78, 5) is 3.79. The maximum Gasteiger partial charge on any atom is 0.196 e. The minimum absolute atomic E-state index is 0.478. The van der Waals surface area contributed by atoms with E-state index in [-0.39, 0.29) is 0 Å². The van der Waals surface area contributed by atoms with Gasteiger partial charge in [-0.3, -0.25) is 0 Å². The lowest BCUT2D eigenvalue weighted by Gasteiger charge is -2.13. The first kappa shape index (κ1) is 23.8. The van der Waals surface area contributed by atoms with E-state index in [0.717, 1.165) is 38.7 Å². The lowest BCUT2D eigenvalue weighted by atomic mass is 9.94. The van der Waals surface area contributed by atoms with Gasteiger partial charge in [-0.15, -0.1) is 0 Å². The molecule has 0 fully saturated rings. The van der Waals surface area contributed by atoms with Crippen molar-refractivity contribution in [3.8, 4) is 28.6 Å². The zero-order valence-electron chi connectivity index (χ0n) is 22.5. The van der Waals surface area contributed by atoms with Gasteiger partial charge in [0.05, 0.1) is 34.7 Å². The highest BCUT2D eigenvalue weighted by Crippen LogP contribution is 2.43. The van der Waals surface area contributed by atoms with Crippen LogP contribution in [-0.4, -0.2) is 9.13 Å². The Morgan fingerprint density at radius 3 is 1.71 bits per heavy atom. The predicted molar refractivity (Wildman–Crippen MR) is 172 cm³/mol. The molecule has 0 aliphatic rings. The molecule has 2 aromatic heterocycles. The van der Waals surface area contributed by atoms with Gasteiger partial charge in [0.1, 0.15) is 0 Å². The number of rotatable bonds is 3. The van der Waals surface area contributed by atoms with Crippen LogP contribution in [-0.2, 0) is 0 Å². The van der Waals surface area contributed by atoms with Crippen LogP contribution < -0.4 is 0 Å². The van der Waals surface area contributed by atoms with Crippen LogP contribution in [0.3, 0.4) is 0 Å². The van der Waals surface area contributed by atoms with Crippen LogP contribution in [0.25, 0.3) is 71.0 Å². The average Bonchev–Trinajstić information content (AvgIpc) is 3.57. The van der Waals surface area contributed by atoms with Crippen molar-refractivity contribution in [2.75, 3.05) is 0 Å². The first-order valence-electron chi connectivity index (χ1n) is 13.8. The van der Waals surface area contributed by atoms with Crippen molar-refractivity contribution in [2.45, 2.75) is 0 Å². The van der Waals surface area contributed by atoms with Gasteiger partial charge in [0, 0.05) is 44.0 Å². The Kier molecular flexibility index (Phi) is 5.22. The van der Waals surface area contributed by atoms with E-state index in [1.54, 1.807) is 18.2 Å².